The van der Waals surface area contributed by atoms with Crippen molar-refractivity contribution in [2.24, 2.45) is 11.3 Å². The molecular formula is C18H25NO3. The van der Waals surface area contributed by atoms with Gasteiger partial charge in [-0.05, 0) is 30.2 Å². The zero-order valence-electron chi connectivity index (χ0n) is 13.6. The Morgan fingerprint density at radius 3 is 2.41 bits per heavy atom. The van der Waals surface area contributed by atoms with Gasteiger partial charge in [-0.1, -0.05) is 51.1 Å². The molecule has 0 saturated heterocycles. The van der Waals surface area contributed by atoms with Crippen LogP contribution >= 0.6 is 0 Å². The van der Waals surface area contributed by atoms with Crippen molar-refractivity contribution in [1.29, 1.82) is 0 Å². The van der Waals surface area contributed by atoms with Crippen molar-refractivity contribution in [2.45, 2.75) is 45.4 Å². The zero-order valence-corrected chi connectivity index (χ0v) is 13.6. The monoisotopic (exact) mass is 303 g/mol. The fourth-order valence-corrected chi connectivity index (χ4v) is 3.11. The van der Waals surface area contributed by atoms with E-state index in [-0.39, 0.29) is 23.8 Å². The molecular weight excluding hydrogens is 278 g/mol. The van der Waals surface area contributed by atoms with Gasteiger partial charge in [0.15, 0.2) is 0 Å². The van der Waals surface area contributed by atoms with Gasteiger partial charge in [0.1, 0.15) is 5.41 Å². The summed E-state index contributed by atoms with van der Waals surface area (Å²) in [6, 6.07) is 9.16. The summed E-state index contributed by atoms with van der Waals surface area (Å²) in [5, 5.41) is 12.6. The maximum Gasteiger partial charge on any atom is 0.315 e. The molecule has 0 aromatic heterocycles. The second-order valence-corrected chi connectivity index (χ2v) is 6.59. The van der Waals surface area contributed by atoms with Crippen LogP contribution in [0.3, 0.4) is 0 Å². The number of hydrogen-bond acceptors (Lipinski definition) is 2. The molecule has 2 rings (SSSR count). The summed E-state index contributed by atoms with van der Waals surface area (Å²) in [5.41, 5.74) is -0.233. The number of amides is 1. The van der Waals surface area contributed by atoms with Crippen molar-refractivity contribution in [2.75, 3.05) is 6.54 Å². The number of carboxylic acid groups (broad SMARTS) is 1. The first kappa shape index (κ1) is 16.5. The van der Waals surface area contributed by atoms with Crippen LogP contribution in [-0.2, 0) is 15.0 Å². The van der Waals surface area contributed by atoms with Gasteiger partial charge in [-0.15, -0.1) is 0 Å². The van der Waals surface area contributed by atoms with Crippen LogP contribution in [0.25, 0.3) is 0 Å². The van der Waals surface area contributed by atoms with Gasteiger partial charge in [0.25, 0.3) is 0 Å². The zero-order chi connectivity index (χ0) is 16.4. The molecule has 1 amide bonds. The van der Waals surface area contributed by atoms with Gasteiger partial charge < -0.3 is 10.4 Å². The molecule has 0 aliphatic heterocycles. The van der Waals surface area contributed by atoms with Gasteiger partial charge in [0, 0.05) is 12.5 Å². The highest BCUT2D eigenvalue weighted by molar-refractivity contribution is 5.85. The van der Waals surface area contributed by atoms with Gasteiger partial charge >= 0.3 is 5.97 Å². The lowest BCUT2D eigenvalue weighted by atomic mass is 9.78. The molecule has 1 aliphatic rings. The smallest absolute Gasteiger partial charge is 0.315 e. The first-order valence-electron chi connectivity index (χ1n) is 7.96. The minimum absolute atomic E-state index is 0.0145. The highest BCUT2D eigenvalue weighted by Crippen LogP contribution is 2.54. The van der Waals surface area contributed by atoms with E-state index < -0.39 is 11.4 Å². The van der Waals surface area contributed by atoms with Crippen LogP contribution < -0.4 is 5.32 Å². The van der Waals surface area contributed by atoms with Crippen molar-refractivity contribution in [3.63, 3.8) is 0 Å². The minimum Gasteiger partial charge on any atom is -0.481 e. The number of carboxylic acids is 1. The van der Waals surface area contributed by atoms with E-state index in [1.54, 1.807) is 0 Å². The standard InChI is InChI=1S/C18H25NO3/c1-4-17(3)11-14(17)15(20)19-12-18(5-2,16(21)22)13-9-7-6-8-10-13/h6-10,14H,4-5,11-12H2,1-3H3,(H,19,20)(H,21,22). The summed E-state index contributed by atoms with van der Waals surface area (Å²) in [4.78, 5) is 24.2. The molecule has 1 fully saturated rings. The van der Waals surface area contributed by atoms with Crippen LogP contribution in [-0.4, -0.2) is 23.5 Å². The van der Waals surface area contributed by atoms with E-state index >= 15 is 0 Å². The number of benzene rings is 1. The van der Waals surface area contributed by atoms with Crippen LogP contribution in [0.5, 0.6) is 0 Å². The Hall–Kier alpha value is -1.84. The van der Waals surface area contributed by atoms with Crippen molar-refractivity contribution in [1.82, 2.24) is 5.32 Å². The molecule has 1 saturated carbocycles. The lowest BCUT2D eigenvalue weighted by molar-refractivity contribution is -0.144. The van der Waals surface area contributed by atoms with Crippen molar-refractivity contribution in [3.05, 3.63) is 35.9 Å². The molecule has 3 atom stereocenters. The fourth-order valence-electron chi connectivity index (χ4n) is 3.11. The predicted molar refractivity (Wildman–Crippen MR) is 85.6 cm³/mol. The molecule has 0 radical (unpaired) electrons. The highest BCUT2D eigenvalue weighted by Gasteiger charge is 2.53. The molecule has 4 nitrogen and oxygen atoms in total. The SMILES string of the molecule is CCC(CNC(=O)C1CC1(C)CC)(C(=O)O)c1ccccc1. The Kier molecular flexibility index (Phi) is 4.59. The molecule has 1 aromatic carbocycles. The Morgan fingerprint density at radius 1 is 1.32 bits per heavy atom. The topological polar surface area (TPSA) is 66.4 Å². The van der Waals surface area contributed by atoms with Crippen molar-refractivity contribution in [3.8, 4) is 0 Å². The summed E-state index contributed by atoms with van der Waals surface area (Å²) in [5.74, 6) is -0.883. The second kappa shape index (κ2) is 6.11. The maximum absolute atomic E-state index is 12.3. The normalized spacial score (nSPS) is 26.0. The van der Waals surface area contributed by atoms with E-state index in [1.807, 2.05) is 37.3 Å². The van der Waals surface area contributed by atoms with E-state index in [9.17, 15) is 14.7 Å². The van der Waals surface area contributed by atoms with Gasteiger partial charge in [0.05, 0.1) is 0 Å². The molecule has 22 heavy (non-hydrogen) atoms. The van der Waals surface area contributed by atoms with E-state index in [2.05, 4.69) is 19.2 Å². The number of nitrogens with one attached hydrogen (secondary N) is 1. The van der Waals surface area contributed by atoms with Crippen LogP contribution in [0.4, 0.5) is 0 Å². The first-order chi connectivity index (χ1) is 10.4. The quantitative estimate of drug-likeness (QED) is 0.814. The fraction of sp³-hybridized carbons (Fsp3) is 0.556. The summed E-state index contributed by atoms with van der Waals surface area (Å²) >= 11 is 0. The third-order valence-electron chi connectivity index (χ3n) is 5.38. The number of carbonyl (C=O) groups excluding carboxylic acids is 1. The number of aliphatic carboxylic acids is 1. The van der Waals surface area contributed by atoms with Gasteiger partial charge in [-0.2, -0.15) is 0 Å². The highest BCUT2D eigenvalue weighted by atomic mass is 16.4. The van der Waals surface area contributed by atoms with E-state index in [0.29, 0.717) is 6.42 Å². The largest absolute Gasteiger partial charge is 0.481 e. The first-order valence-corrected chi connectivity index (χ1v) is 7.96. The minimum atomic E-state index is -1.06. The summed E-state index contributed by atoms with van der Waals surface area (Å²) in [7, 11) is 0. The Morgan fingerprint density at radius 2 is 1.95 bits per heavy atom. The van der Waals surface area contributed by atoms with Crippen LogP contribution in [0.1, 0.15) is 45.6 Å². The van der Waals surface area contributed by atoms with E-state index in [1.165, 1.54) is 0 Å². The summed E-state index contributed by atoms with van der Waals surface area (Å²) < 4.78 is 0. The van der Waals surface area contributed by atoms with Gasteiger partial charge in [-0.25, -0.2) is 0 Å². The predicted octanol–water partition coefficient (Wildman–Crippen LogP) is 2.97. The third kappa shape index (κ3) is 2.87. The maximum atomic E-state index is 12.3. The van der Waals surface area contributed by atoms with Crippen LogP contribution in [0.15, 0.2) is 30.3 Å². The van der Waals surface area contributed by atoms with Crippen molar-refractivity contribution < 1.29 is 14.7 Å². The Bertz CT molecular complexity index is 557. The average Bonchev–Trinajstić information content (AvgIpc) is 3.22. The molecule has 4 heteroatoms. The molecule has 1 aliphatic carbocycles. The van der Waals surface area contributed by atoms with Crippen LogP contribution in [0, 0.1) is 11.3 Å². The number of hydrogen-bond donors (Lipinski definition) is 2. The van der Waals surface area contributed by atoms with Gasteiger partial charge in [-0.3, -0.25) is 9.59 Å². The van der Waals surface area contributed by atoms with Gasteiger partial charge in [0.2, 0.25) is 5.91 Å². The van der Waals surface area contributed by atoms with E-state index in [0.717, 1.165) is 18.4 Å². The molecule has 2 N–H and O–H groups in total. The molecule has 120 valence electrons. The Labute approximate surface area is 131 Å². The molecule has 0 spiro atoms. The molecule has 0 bridgehead atoms. The lowest BCUT2D eigenvalue weighted by Crippen LogP contribution is -2.46. The summed E-state index contributed by atoms with van der Waals surface area (Å²) in [6.45, 7) is 6.18. The molecule has 3 unspecified atom stereocenters. The van der Waals surface area contributed by atoms with Crippen LogP contribution in [0.2, 0.25) is 0 Å². The lowest BCUT2D eigenvalue weighted by Gasteiger charge is -2.29. The average molecular weight is 303 g/mol. The van der Waals surface area contributed by atoms with E-state index in [4.69, 9.17) is 0 Å². The number of rotatable bonds is 7. The number of carbonyl (C=O) groups is 2. The third-order valence-corrected chi connectivity index (χ3v) is 5.38. The molecule has 1 aromatic rings. The molecule has 0 heterocycles. The second-order valence-electron chi connectivity index (χ2n) is 6.59. The Balaban J connectivity index is 2.12. The summed E-state index contributed by atoms with van der Waals surface area (Å²) in [6.07, 6.45) is 2.30. The van der Waals surface area contributed by atoms with Crippen molar-refractivity contribution >= 4 is 11.9 Å².